The Hall–Kier alpha value is -2.37. The molecule has 21 heavy (non-hydrogen) atoms. The number of halogens is 1. The molecule has 0 atom stereocenters. The highest BCUT2D eigenvalue weighted by Crippen LogP contribution is 2.20. The highest BCUT2D eigenvalue weighted by atomic mass is 19.1. The van der Waals surface area contributed by atoms with E-state index in [0.717, 1.165) is 12.5 Å². The van der Waals surface area contributed by atoms with Crippen LogP contribution in [0.5, 0.6) is 0 Å². The molecule has 1 amide bonds. The summed E-state index contributed by atoms with van der Waals surface area (Å²) in [5, 5.41) is 11.2. The van der Waals surface area contributed by atoms with Gasteiger partial charge in [-0.1, -0.05) is 13.0 Å². The van der Waals surface area contributed by atoms with Crippen molar-refractivity contribution in [3.8, 4) is 0 Å². The molecule has 0 fully saturated rings. The predicted molar refractivity (Wildman–Crippen MR) is 79.6 cm³/mol. The molecular weight excluding hydrogens is 275 g/mol. The summed E-state index contributed by atoms with van der Waals surface area (Å²) in [5.41, 5.74) is 0.733. The second kappa shape index (κ2) is 8.04. The number of nitrogens with zero attached hydrogens (tertiary/aromatic N) is 1. The Bertz CT molecular complexity index is 544. The minimum absolute atomic E-state index is 0.0568. The van der Waals surface area contributed by atoms with E-state index in [1.54, 1.807) is 13.1 Å². The topological polar surface area (TPSA) is 69.6 Å². The van der Waals surface area contributed by atoms with Crippen molar-refractivity contribution in [1.82, 2.24) is 5.32 Å². The molecule has 0 aliphatic heterocycles. The Morgan fingerprint density at radius 2 is 2.14 bits per heavy atom. The van der Waals surface area contributed by atoms with Gasteiger partial charge in [-0.3, -0.25) is 4.79 Å². The third-order valence-corrected chi connectivity index (χ3v) is 2.75. The van der Waals surface area contributed by atoms with Crippen molar-refractivity contribution in [2.75, 3.05) is 25.0 Å². The maximum Gasteiger partial charge on any atom is 0.328 e. The minimum atomic E-state index is -1.09. The molecule has 0 saturated heterocycles. The third-order valence-electron chi connectivity index (χ3n) is 2.75. The molecule has 5 nitrogen and oxygen atoms in total. The number of carbonyl (C=O) groups is 2. The van der Waals surface area contributed by atoms with Gasteiger partial charge < -0.3 is 15.3 Å². The fourth-order valence-corrected chi connectivity index (χ4v) is 1.72. The first-order chi connectivity index (χ1) is 9.93. The molecule has 1 aromatic carbocycles. The lowest BCUT2D eigenvalue weighted by Gasteiger charge is -2.19. The molecule has 0 saturated carbocycles. The largest absolute Gasteiger partial charge is 0.478 e. The van der Waals surface area contributed by atoms with Crippen LogP contribution in [0.15, 0.2) is 24.3 Å². The number of rotatable bonds is 7. The average molecular weight is 294 g/mol. The van der Waals surface area contributed by atoms with Gasteiger partial charge >= 0.3 is 5.97 Å². The number of amides is 1. The number of nitrogens with one attached hydrogen (secondary N) is 1. The molecule has 0 bridgehead atoms. The number of hydrogen-bond acceptors (Lipinski definition) is 3. The van der Waals surface area contributed by atoms with Gasteiger partial charge in [-0.2, -0.15) is 0 Å². The zero-order valence-electron chi connectivity index (χ0n) is 12.1. The van der Waals surface area contributed by atoms with Crippen molar-refractivity contribution in [3.63, 3.8) is 0 Å². The number of carbonyl (C=O) groups excluding carboxylic acids is 1. The number of anilines is 1. The molecule has 6 heteroatoms. The summed E-state index contributed by atoms with van der Waals surface area (Å²) in [6.45, 7) is 2.60. The Morgan fingerprint density at radius 1 is 1.43 bits per heavy atom. The summed E-state index contributed by atoms with van der Waals surface area (Å²) in [6.07, 6.45) is 3.09. The van der Waals surface area contributed by atoms with E-state index >= 15 is 0 Å². The number of carboxylic acid groups (broad SMARTS) is 1. The van der Waals surface area contributed by atoms with E-state index in [1.165, 1.54) is 23.1 Å². The van der Waals surface area contributed by atoms with Crippen LogP contribution in [0.25, 0.3) is 6.08 Å². The molecule has 0 radical (unpaired) electrons. The molecule has 2 N–H and O–H groups in total. The molecule has 0 spiro atoms. The lowest BCUT2D eigenvalue weighted by Crippen LogP contribution is -2.35. The summed E-state index contributed by atoms with van der Waals surface area (Å²) in [4.78, 5) is 23.5. The van der Waals surface area contributed by atoms with Crippen LogP contribution in [0.3, 0.4) is 0 Å². The SMILES string of the molecule is CCCNC(=O)CN(C)c1ccc(C=CC(=O)O)cc1F. The van der Waals surface area contributed by atoms with Gasteiger partial charge in [0.25, 0.3) is 0 Å². The summed E-state index contributed by atoms with van der Waals surface area (Å²) in [5.74, 6) is -1.77. The maximum atomic E-state index is 14.0. The fourth-order valence-electron chi connectivity index (χ4n) is 1.72. The zero-order valence-corrected chi connectivity index (χ0v) is 12.1. The van der Waals surface area contributed by atoms with Crippen LogP contribution in [-0.4, -0.2) is 37.1 Å². The van der Waals surface area contributed by atoms with Gasteiger partial charge in [-0.05, 0) is 30.2 Å². The Labute approximate surface area is 123 Å². The monoisotopic (exact) mass is 294 g/mol. The third kappa shape index (κ3) is 5.64. The van der Waals surface area contributed by atoms with E-state index in [2.05, 4.69) is 5.32 Å². The Kier molecular flexibility index (Phi) is 6.39. The number of carboxylic acids is 1. The van der Waals surface area contributed by atoms with Gasteiger partial charge in [0, 0.05) is 19.7 Å². The van der Waals surface area contributed by atoms with Gasteiger partial charge in [0.15, 0.2) is 0 Å². The second-order valence-electron chi connectivity index (χ2n) is 4.59. The highest BCUT2D eigenvalue weighted by molar-refractivity contribution is 5.85. The van der Waals surface area contributed by atoms with Crippen molar-refractivity contribution in [3.05, 3.63) is 35.7 Å². The van der Waals surface area contributed by atoms with Crippen molar-refractivity contribution < 1.29 is 19.1 Å². The van der Waals surface area contributed by atoms with Gasteiger partial charge in [0.2, 0.25) is 5.91 Å². The van der Waals surface area contributed by atoms with Crippen molar-refractivity contribution in [1.29, 1.82) is 0 Å². The summed E-state index contributed by atoms with van der Waals surface area (Å²) < 4.78 is 14.0. The van der Waals surface area contributed by atoms with Gasteiger partial charge in [0.05, 0.1) is 12.2 Å². The van der Waals surface area contributed by atoms with Crippen LogP contribution in [0.2, 0.25) is 0 Å². The Balaban J connectivity index is 2.75. The Morgan fingerprint density at radius 3 is 2.71 bits per heavy atom. The fraction of sp³-hybridized carbons (Fsp3) is 0.333. The molecule has 0 heterocycles. The summed E-state index contributed by atoms with van der Waals surface area (Å²) in [6, 6.07) is 4.34. The summed E-state index contributed by atoms with van der Waals surface area (Å²) >= 11 is 0. The van der Waals surface area contributed by atoms with Gasteiger partial charge in [-0.25, -0.2) is 9.18 Å². The smallest absolute Gasteiger partial charge is 0.328 e. The van der Waals surface area contributed by atoms with Crippen LogP contribution >= 0.6 is 0 Å². The van der Waals surface area contributed by atoms with Crippen molar-refractivity contribution in [2.45, 2.75) is 13.3 Å². The van der Waals surface area contributed by atoms with Crippen LogP contribution in [0.4, 0.5) is 10.1 Å². The molecule has 1 rings (SSSR count). The average Bonchev–Trinajstić information content (AvgIpc) is 2.42. The first-order valence-corrected chi connectivity index (χ1v) is 6.62. The zero-order chi connectivity index (χ0) is 15.8. The normalized spacial score (nSPS) is 10.6. The second-order valence-corrected chi connectivity index (χ2v) is 4.59. The molecule has 0 aromatic heterocycles. The first kappa shape index (κ1) is 16.7. The molecule has 1 aromatic rings. The van der Waals surface area contributed by atoms with Crippen molar-refractivity contribution >= 4 is 23.6 Å². The van der Waals surface area contributed by atoms with E-state index in [-0.39, 0.29) is 18.1 Å². The van der Waals surface area contributed by atoms with E-state index in [4.69, 9.17) is 5.11 Å². The lowest BCUT2D eigenvalue weighted by molar-refractivity contribution is -0.131. The predicted octanol–water partition coefficient (Wildman–Crippen LogP) is 1.89. The molecule has 0 unspecified atom stereocenters. The first-order valence-electron chi connectivity index (χ1n) is 6.62. The maximum absolute atomic E-state index is 14.0. The number of aliphatic carboxylic acids is 1. The van der Waals surface area contributed by atoms with Crippen LogP contribution < -0.4 is 10.2 Å². The van der Waals surface area contributed by atoms with Crippen LogP contribution in [0.1, 0.15) is 18.9 Å². The molecule has 114 valence electrons. The minimum Gasteiger partial charge on any atom is -0.478 e. The van der Waals surface area contributed by atoms with Gasteiger partial charge in [0.1, 0.15) is 5.82 Å². The quantitative estimate of drug-likeness (QED) is 0.753. The molecule has 0 aliphatic rings. The number of hydrogen-bond donors (Lipinski definition) is 2. The van der Waals surface area contributed by atoms with Crippen LogP contribution in [0, 0.1) is 5.82 Å². The standard InChI is InChI=1S/C15H19FN2O3/c1-3-8-17-14(19)10-18(2)13-6-4-11(9-12(13)16)5-7-15(20)21/h4-7,9H,3,8,10H2,1-2H3,(H,17,19)(H,20,21). The van der Waals surface area contributed by atoms with E-state index in [1.807, 2.05) is 6.92 Å². The lowest BCUT2D eigenvalue weighted by atomic mass is 10.1. The van der Waals surface area contributed by atoms with E-state index in [0.29, 0.717) is 12.1 Å². The number of likely N-dealkylation sites (N-methyl/N-ethyl adjacent to an activating group) is 1. The van der Waals surface area contributed by atoms with Gasteiger partial charge in [-0.15, -0.1) is 0 Å². The van der Waals surface area contributed by atoms with E-state index < -0.39 is 11.8 Å². The highest BCUT2D eigenvalue weighted by Gasteiger charge is 2.11. The molecular formula is C15H19FN2O3. The number of benzene rings is 1. The van der Waals surface area contributed by atoms with Crippen LogP contribution in [-0.2, 0) is 9.59 Å². The van der Waals surface area contributed by atoms with E-state index in [9.17, 15) is 14.0 Å². The van der Waals surface area contributed by atoms with Crippen molar-refractivity contribution in [2.24, 2.45) is 0 Å². The molecule has 0 aliphatic carbocycles. The summed E-state index contributed by atoms with van der Waals surface area (Å²) in [7, 11) is 1.62.